The zero-order valence-electron chi connectivity index (χ0n) is 13.2. The van der Waals surface area contributed by atoms with E-state index in [2.05, 4.69) is 5.32 Å². The molecule has 0 bridgehead atoms. The Balaban J connectivity index is 2.17. The van der Waals surface area contributed by atoms with Gasteiger partial charge >= 0.3 is 0 Å². The highest BCUT2D eigenvalue weighted by molar-refractivity contribution is 7.89. The highest BCUT2D eigenvalue weighted by Crippen LogP contribution is 2.27. The first-order valence-corrected chi connectivity index (χ1v) is 9.12. The van der Waals surface area contributed by atoms with Gasteiger partial charge in [0.1, 0.15) is 0 Å². The highest BCUT2D eigenvalue weighted by Gasteiger charge is 2.25. The third kappa shape index (κ3) is 3.84. The molecule has 1 unspecified atom stereocenters. The van der Waals surface area contributed by atoms with E-state index < -0.39 is 10.0 Å². The second-order valence-corrected chi connectivity index (χ2v) is 8.06. The lowest BCUT2D eigenvalue weighted by Gasteiger charge is -2.21. The van der Waals surface area contributed by atoms with Crippen molar-refractivity contribution in [2.75, 3.05) is 20.6 Å². The summed E-state index contributed by atoms with van der Waals surface area (Å²) in [6.45, 7) is 2.65. The number of sulfonamides is 1. The maximum atomic E-state index is 12.7. The number of rotatable bonds is 6. The Bertz CT molecular complexity index is 565. The fraction of sp³-hybridized carbons (Fsp3) is 0.625. The first kappa shape index (κ1) is 16.5. The second-order valence-electron chi connectivity index (χ2n) is 6.02. The van der Waals surface area contributed by atoms with E-state index in [1.165, 1.54) is 17.1 Å². The Morgan fingerprint density at radius 3 is 2.62 bits per heavy atom. The fourth-order valence-electron chi connectivity index (χ4n) is 2.95. The van der Waals surface area contributed by atoms with Gasteiger partial charge in [-0.3, -0.25) is 0 Å². The largest absolute Gasteiger partial charge is 0.313 e. The number of hydrogen-bond acceptors (Lipinski definition) is 3. The Morgan fingerprint density at radius 1 is 1.33 bits per heavy atom. The number of nitrogens with one attached hydrogen (secondary N) is 1. The van der Waals surface area contributed by atoms with Gasteiger partial charge in [0, 0.05) is 19.6 Å². The van der Waals surface area contributed by atoms with E-state index in [1.54, 1.807) is 19.2 Å². The predicted molar refractivity (Wildman–Crippen MR) is 85.7 cm³/mol. The molecule has 0 heterocycles. The molecule has 0 amide bonds. The summed E-state index contributed by atoms with van der Waals surface area (Å²) in [6.07, 6.45) is 4.76. The monoisotopic (exact) mass is 310 g/mol. The molecule has 0 radical (unpaired) electrons. The van der Waals surface area contributed by atoms with Crippen molar-refractivity contribution >= 4 is 10.0 Å². The lowest BCUT2D eigenvalue weighted by molar-refractivity contribution is 0.387. The van der Waals surface area contributed by atoms with Crippen LogP contribution in [0.4, 0.5) is 0 Å². The van der Waals surface area contributed by atoms with Gasteiger partial charge in [-0.25, -0.2) is 12.7 Å². The fourth-order valence-corrected chi connectivity index (χ4v) is 4.25. The first-order chi connectivity index (χ1) is 9.95. The van der Waals surface area contributed by atoms with Gasteiger partial charge in [-0.1, -0.05) is 25.0 Å². The van der Waals surface area contributed by atoms with Crippen LogP contribution in [0, 0.1) is 5.92 Å². The second kappa shape index (κ2) is 6.90. The SMILES string of the molecule is CNC(C)c1cccc(S(=O)(=O)N(C)CC2CCCC2)c1. The molecule has 5 heteroatoms. The van der Waals surface area contributed by atoms with Crippen LogP contribution in [0.25, 0.3) is 0 Å². The van der Waals surface area contributed by atoms with Crippen LogP contribution in [0.2, 0.25) is 0 Å². The van der Waals surface area contributed by atoms with Gasteiger partial charge in [0.2, 0.25) is 10.0 Å². The summed E-state index contributed by atoms with van der Waals surface area (Å²) in [4.78, 5) is 0.391. The quantitative estimate of drug-likeness (QED) is 0.879. The molecule has 0 aromatic heterocycles. The van der Waals surface area contributed by atoms with Crippen molar-refractivity contribution in [2.45, 2.75) is 43.5 Å². The van der Waals surface area contributed by atoms with Crippen LogP contribution >= 0.6 is 0 Å². The van der Waals surface area contributed by atoms with Crippen LogP contribution in [0.15, 0.2) is 29.2 Å². The van der Waals surface area contributed by atoms with Gasteiger partial charge in [0.15, 0.2) is 0 Å². The molecule has 1 fully saturated rings. The van der Waals surface area contributed by atoms with Crippen molar-refractivity contribution in [3.63, 3.8) is 0 Å². The van der Waals surface area contributed by atoms with Gasteiger partial charge in [0.25, 0.3) is 0 Å². The molecule has 2 rings (SSSR count). The minimum Gasteiger partial charge on any atom is -0.313 e. The van der Waals surface area contributed by atoms with E-state index in [0.717, 1.165) is 18.4 Å². The van der Waals surface area contributed by atoms with E-state index in [4.69, 9.17) is 0 Å². The van der Waals surface area contributed by atoms with E-state index in [1.807, 2.05) is 26.1 Å². The van der Waals surface area contributed by atoms with Crippen molar-refractivity contribution in [1.82, 2.24) is 9.62 Å². The predicted octanol–water partition coefficient (Wildman–Crippen LogP) is 2.78. The Hall–Kier alpha value is -0.910. The van der Waals surface area contributed by atoms with E-state index in [0.29, 0.717) is 17.4 Å². The molecule has 1 atom stereocenters. The summed E-state index contributed by atoms with van der Waals surface area (Å²) in [6, 6.07) is 7.38. The average molecular weight is 310 g/mol. The zero-order valence-corrected chi connectivity index (χ0v) is 14.0. The summed E-state index contributed by atoms with van der Waals surface area (Å²) in [5.41, 5.74) is 0.993. The normalized spacial score (nSPS) is 18.3. The summed E-state index contributed by atoms with van der Waals surface area (Å²) < 4.78 is 26.9. The van der Waals surface area contributed by atoms with Crippen LogP contribution in [0.5, 0.6) is 0 Å². The third-order valence-electron chi connectivity index (χ3n) is 4.49. The summed E-state index contributed by atoms with van der Waals surface area (Å²) in [5.74, 6) is 0.518. The standard InChI is InChI=1S/C16H26N2O2S/c1-13(17-2)15-9-6-10-16(11-15)21(19,20)18(3)12-14-7-4-5-8-14/h6,9-11,13-14,17H,4-5,7-8,12H2,1-3H3. The lowest BCUT2D eigenvalue weighted by Crippen LogP contribution is -2.31. The molecular weight excluding hydrogens is 284 g/mol. The molecule has 118 valence electrons. The molecule has 0 aliphatic heterocycles. The molecule has 1 aliphatic rings. The Kier molecular flexibility index (Phi) is 5.41. The minimum atomic E-state index is -3.39. The maximum absolute atomic E-state index is 12.7. The smallest absolute Gasteiger partial charge is 0.242 e. The van der Waals surface area contributed by atoms with Gasteiger partial charge in [0.05, 0.1) is 4.90 Å². The van der Waals surface area contributed by atoms with Crippen LogP contribution < -0.4 is 5.32 Å². The molecular formula is C16H26N2O2S. The topological polar surface area (TPSA) is 49.4 Å². The summed E-state index contributed by atoms with van der Waals surface area (Å²) in [7, 11) is 0.184. The number of benzene rings is 1. The van der Waals surface area contributed by atoms with Crippen molar-refractivity contribution in [3.05, 3.63) is 29.8 Å². The Morgan fingerprint density at radius 2 is 2.00 bits per heavy atom. The van der Waals surface area contributed by atoms with E-state index >= 15 is 0 Å². The lowest BCUT2D eigenvalue weighted by atomic mass is 10.1. The molecule has 1 aromatic carbocycles. The van der Waals surface area contributed by atoms with Crippen LogP contribution in [-0.4, -0.2) is 33.4 Å². The van der Waals surface area contributed by atoms with Gasteiger partial charge in [-0.15, -0.1) is 0 Å². The van der Waals surface area contributed by atoms with Gasteiger partial charge in [-0.05, 0) is 50.4 Å². The van der Waals surface area contributed by atoms with Crippen LogP contribution in [0.1, 0.15) is 44.2 Å². The summed E-state index contributed by atoms with van der Waals surface area (Å²) >= 11 is 0. The highest BCUT2D eigenvalue weighted by atomic mass is 32.2. The van der Waals surface area contributed by atoms with Crippen LogP contribution in [-0.2, 0) is 10.0 Å². The Labute approximate surface area is 128 Å². The van der Waals surface area contributed by atoms with Gasteiger partial charge in [-0.2, -0.15) is 0 Å². The molecule has 0 spiro atoms. The number of nitrogens with zero attached hydrogens (tertiary/aromatic N) is 1. The van der Waals surface area contributed by atoms with E-state index in [9.17, 15) is 8.42 Å². The molecule has 1 N–H and O–H groups in total. The van der Waals surface area contributed by atoms with E-state index in [-0.39, 0.29) is 6.04 Å². The van der Waals surface area contributed by atoms with Crippen molar-refractivity contribution in [1.29, 1.82) is 0 Å². The van der Waals surface area contributed by atoms with Crippen molar-refractivity contribution in [3.8, 4) is 0 Å². The number of hydrogen-bond donors (Lipinski definition) is 1. The summed E-state index contributed by atoms with van der Waals surface area (Å²) in [5, 5.41) is 3.14. The zero-order chi connectivity index (χ0) is 15.5. The molecule has 1 saturated carbocycles. The first-order valence-electron chi connectivity index (χ1n) is 7.68. The third-order valence-corrected chi connectivity index (χ3v) is 6.31. The maximum Gasteiger partial charge on any atom is 0.242 e. The molecule has 4 nitrogen and oxygen atoms in total. The molecule has 0 saturated heterocycles. The van der Waals surface area contributed by atoms with Crippen LogP contribution in [0.3, 0.4) is 0 Å². The van der Waals surface area contributed by atoms with Gasteiger partial charge < -0.3 is 5.32 Å². The van der Waals surface area contributed by atoms with Crippen molar-refractivity contribution in [2.24, 2.45) is 5.92 Å². The molecule has 21 heavy (non-hydrogen) atoms. The average Bonchev–Trinajstić information content (AvgIpc) is 2.99. The minimum absolute atomic E-state index is 0.139. The molecule has 1 aromatic rings. The van der Waals surface area contributed by atoms with Crippen molar-refractivity contribution < 1.29 is 8.42 Å². The molecule has 1 aliphatic carbocycles.